The second-order valence-corrected chi connectivity index (χ2v) is 19.0. The summed E-state index contributed by atoms with van der Waals surface area (Å²) >= 11 is 1.23. The van der Waals surface area contributed by atoms with Crippen molar-refractivity contribution in [2.45, 2.75) is 141 Å². The summed E-state index contributed by atoms with van der Waals surface area (Å²) in [6.07, 6.45) is 0.569. The van der Waals surface area contributed by atoms with Gasteiger partial charge in [0.1, 0.15) is 42.0 Å². The molecular formula is C46H73N11O12S. The third-order valence-electron chi connectivity index (χ3n) is 11.3. The van der Waals surface area contributed by atoms with Gasteiger partial charge in [0.15, 0.2) is 0 Å². The molecule has 7 atom stereocenters. The lowest BCUT2D eigenvalue weighted by molar-refractivity contribution is -0.141. The number of hydrogen-bond donors (Lipinski definition) is 11. The Hall–Kier alpha value is -6.46. The maximum absolute atomic E-state index is 14.6. The molecule has 0 aromatic heterocycles. The van der Waals surface area contributed by atoms with Crippen molar-refractivity contribution in [3.8, 4) is 5.75 Å². The predicted molar refractivity (Wildman–Crippen MR) is 259 cm³/mol. The summed E-state index contributed by atoms with van der Waals surface area (Å²) in [6, 6.07) is -2.32. The van der Waals surface area contributed by atoms with Crippen molar-refractivity contribution in [2.24, 2.45) is 29.0 Å². The molecule has 1 saturated heterocycles. The Morgan fingerprint density at radius 2 is 1.43 bits per heavy atom. The number of aromatic hydroxyl groups is 1. The molecule has 1 aromatic carbocycles. The van der Waals surface area contributed by atoms with Crippen LogP contribution in [0.1, 0.15) is 104 Å². The van der Waals surface area contributed by atoms with Gasteiger partial charge in [-0.1, -0.05) is 66.0 Å². The van der Waals surface area contributed by atoms with Crippen molar-refractivity contribution < 1.29 is 57.8 Å². The van der Waals surface area contributed by atoms with Crippen LogP contribution in [0.25, 0.3) is 0 Å². The topological polar surface area (TPSA) is 374 Å². The number of hydrogen-bond acceptors (Lipinski definition) is 13. The lowest BCUT2D eigenvalue weighted by Gasteiger charge is -2.30. The highest BCUT2D eigenvalue weighted by molar-refractivity contribution is 7.99. The van der Waals surface area contributed by atoms with Crippen LogP contribution in [0, 0.1) is 11.8 Å². The average molecular weight is 1000 g/mol. The van der Waals surface area contributed by atoms with Gasteiger partial charge in [-0.3, -0.25) is 52.7 Å². The Morgan fingerprint density at radius 1 is 0.786 bits per heavy atom. The Labute approximate surface area is 412 Å². The number of unbranched alkanes of at least 4 members (excludes halogenated alkanes) is 2. The number of thioether (sulfide) groups is 1. The number of nitrogens with one attached hydrogen (secondary N) is 7. The molecule has 1 aliphatic heterocycles. The van der Waals surface area contributed by atoms with Crippen molar-refractivity contribution in [3.05, 3.63) is 29.8 Å². The van der Waals surface area contributed by atoms with Crippen LogP contribution >= 0.6 is 11.8 Å². The van der Waals surface area contributed by atoms with Gasteiger partial charge in [0.05, 0.1) is 19.5 Å². The first-order chi connectivity index (χ1) is 33.0. The van der Waals surface area contributed by atoms with Gasteiger partial charge < -0.3 is 64.4 Å². The Morgan fingerprint density at radius 3 is 2.03 bits per heavy atom. The van der Waals surface area contributed by atoms with Gasteiger partial charge in [-0.15, -0.1) is 0 Å². The van der Waals surface area contributed by atoms with Crippen molar-refractivity contribution >= 4 is 76.7 Å². The molecular weight excluding hydrogens is 931 g/mol. The van der Waals surface area contributed by atoms with E-state index in [0.29, 0.717) is 24.8 Å². The first-order valence-corrected chi connectivity index (χ1v) is 24.8. The summed E-state index contributed by atoms with van der Waals surface area (Å²) in [6.45, 7) is 8.02. The van der Waals surface area contributed by atoms with E-state index < -0.39 is 133 Å². The molecule has 0 saturated carbocycles. The number of rotatable bonds is 22. The molecule has 1 aliphatic rings. The largest absolute Gasteiger partial charge is 0.508 e. The van der Waals surface area contributed by atoms with E-state index in [1.165, 1.54) is 28.8 Å². The van der Waals surface area contributed by atoms with Crippen molar-refractivity contribution in [1.29, 1.82) is 0 Å². The van der Waals surface area contributed by atoms with Gasteiger partial charge in [0, 0.05) is 31.6 Å². The number of primary amides is 3. The molecule has 0 radical (unpaired) electrons. The zero-order chi connectivity index (χ0) is 52.5. The number of phenols is 1. The van der Waals surface area contributed by atoms with Gasteiger partial charge in [-0.25, -0.2) is 0 Å². The fourth-order valence-electron chi connectivity index (χ4n) is 7.25. The Kier molecular flexibility index (Phi) is 26.3. The number of nitrogens with two attached hydrogens (primary N) is 3. The van der Waals surface area contributed by atoms with Crippen LogP contribution in [0.3, 0.4) is 0 Å². The molecule has 390 valence electrons. The smallest absolute Gasteiger partial charge is 0.245 e. The highest BCUT2D eigenvalue weighted by Gasteiger charge is 2.36. The van der Waals surface area contributed by atoms with Gasteiger partial charge in [-0.05, 0) is 61.0 Å². The maximum Gasteiger partial charge on any atom is 0.245 e. The number of carbonyl (C=O) groups is 11. The Balaban J connectivity index is 2.64. The van der Waals surface area contributed by atoms with Crippen LogP contribution in [-0.2, 0) is 59.2 Å². The molecule has 11 amide bonds. The standard InChI is InChI=1S/C46H73N11O12S/c1-6-8-9-18-57(25-39(63)52-32(21-26(3)4)41(64)50-24-37(49)61)46(69)31-16-19-70-20-17-38(62)51-33(22-28-10-12-29(58)13-11-28)44(67)56-40(27(5)7-2)45(68)53-30(14-15-35(47)59)42(65)55-34(23-36(48)60)43(66)54-31/h10-13,26-27,30-34,40,58H,6-9,14-25H2,1-5H3,(H2,47,59)(H2,48,60)(H2,49,61)(H,50,64)(H,51,62)(H,52,63)(H,53,68)(H,54,66)(H,55,65)(H,56,67)/t27-,30-,31-,32-,33-,34-,40-/m0/s1. The lowest BCUT2D eigenvalue weighted by Crippen LogP contribution is -2.61. The van der Waals surface area contributed by atoms with Crippen molar-refractivity contribution in [3.63, 3.8) is 0 Å². The van der Waals surface area contributed by atoms with E-state index in [4.69, 9.17) is 17.2 Å². The average Bonchev–Trinajstić information content (AvgIpc) is 3.29. The zero-order valence-electron chi connectivity index (χ0n) is 40.8. The molecule has 0 unspecified atom stereocenters. The highest BCUT2D eigenvalue weighted by Crippen LogP contribution is 2.16. The molecule has 70 heavy (non-hydrogen) atoms. The van der Waals surface area contributed by atoms with Gasteiger partial charge in [-0.2, -0.15) is 11.8 Å². The minimum absolute atomic E-state index is 0.0241. The number of phenolic OH excluding ortho intramolecular Hbond substituents is 1. The van der Waals surface area contributed by atoms with E-state index >= 15 is 0 Å². The molecule has 0 spiro atoms. The number of benzene rings is 1. The van der Waals surface area contributed by atoms with Crippen LogP contribution < -0.4 is 54.4 Å². The molecule has 2 rings (SSSR count). The third kappa shape index (κ3) is 22.3. The second-order valence-electron chi connectivity index (χ2n) is 17.8. The SMILES string of the molecule is CCCCCN(CC(=O)N[C@@H](CC(C)C)C(=O)NCC(N)=O)C(=O)[C@@H]1CCSCCC(=O)N[C@@H](Cc2ccc(O)cc2)C(=O)N[C@@H]([C@@H](C)CC)C(=O)N[C@@H](CCC(N)=O)C(=O)N[C@@H](CC(N)=O)C(=O)N1. The highest BCUT2D eigenvalue weighted by atomic mass is 32.2. The van der Waals surface area contributed by atoms with E-state index in [2.05, 4.69) is 37.2 Å². The summed E-state index contributed by atoms with van der Waals surface area (Å²) in [5.41, 5.74) is 16.7. The summed E-state index contributed by atoms with van der Waals surface area (Å²) in [5, 5.41) is 27.9. The minimum atomic E-state index is -1.73. The molecule has 1 heterocycles. The predicted octanol–water partition coefficient (Wildman–Crippen LogP) is -1.78. The normalized spacial score (nSPS) is 20.8. The molecule has 14 N–H and O–H groups in total. The molecule has 0 aliphatic carbocycles. The van der Waals surface area contributed by atoms with E-state index in [1.807, 2.05) is 20.8 Å². The van der Waals surface area contributed by atoms with E-state index in [-0.39, 0.29) is 61.8 Å². The molecule has 23 nitrogen and oxygen atoms in total. The van der Waals surface area contributed by atoms with E-state index in [1.54, 1.807) is 26.0 Å². The zero-order valence-corrected chi connectivity index (χ0v) is 41.6. The molecule has 0 bridgehead atoms. The van der Waals surface area contributed by atoms with Gasteiger partial charge in [0.2, 0.25) is 65.0 Å². The minimum Gasteiger partial charge on any atom is -0.508 e. The summed E-state index contributed by atoms with van der Waals surface area (Å²) < 4.78 is 0. The summed E-state index contributed by atoms with van der Waals surface area (Å²) in [4.78, 5) is 148. The molecule has 24 heteroatoms. The van der Waals surface area contributed by atoms with E-state index in [9.17, 15) is 57.8 Å². The van der Waals surface area contributed by atoms with Crippen molar-refractivity contribution in [2.75, 3.05) is 31.1 Å². The fourth-order valence-corrected chi connectivity index (χ4v) is 8.19. The van der Waals surface area contributed by atoms with Crippen LogP contribution in [0.4, 0.5) is 0 Å². The first kappa shape index (κ1) is 59.7. The fraction of sp³-hybridized carbons (Fsp3) is 0.630. The van der Waals surface area contributed by atoms with Crippen molar-refractivity contribution in [1.82, 2.24) is 42.1 Å². The van der Waals surface area contributed by atoms with Crippen LogP contribution in [0.15, 0.2) is 24.3 Å². The van der Waals surface area contributed by atoms with Crippen LogP contribution in [0.5, 0.6) is 5.75 Å². The monoisotopic (exact) mass is 1000 g/mol. The maximum atomic E-state index is 14.6. The quantitative estimate of drug-likeness (QED) is 0.0574. The first-order valence-electron chi connectivity index (χ1n) is 23.6. The number of carbonyl (C=O) groups excluding carboxylic acids is 11. The summed E-state index contributed by atoms with van der Waals surface area (Å²) in [5.74, 6) is -9.29. The van der Waals surface area contributed by atoms with Gasteiger partial charge in [0.25, 0.3) is 0 Å². The third-order valence-corrected chi connectivity index (χ3v) is 12.3. The molecule has 1 aromatic rings. The molecule has 1 fully saturated rings. The van der Waals surface area contributed by atoms with Crippen LogP contribution in [0.2, 0.25) is 0 Å². The Bertz CT molecular complexity index is 1990. The number of nitrogens with zero attached hydrogens (tertiary/aromatic N) is 1. The summed E-state index contributed by atoms with van der Waals surface area (Å²) in [7, 11) is 0. The van der Waals surface area contributed by atoms with Crippen LogP contribution in [-0.4, -0.2) is 142 Å². The lowest BCUT2D eigenvalue weighted by atomic mass is 9.96. The second kappa shape index (κ2) is 30.9. The van der Waals surface area contributed by atoms with E-state index in [0.717, 1.165) is 6.42 Å². The number of amides is 11. The van der Waals surface area contributed by atoms with Gasteiger partial charge >= 0.3 is 0 Å².